The molecule has 2 heteroatoms. The van der Waals surface area contributed by atoms with Crippen molar-refractivity contribution >= 4 is 11.0 Å². The Kier molecular flexibility index (Phi) is 4.35. The van der Waals surface area contributed by atoms with Crippen LogP contribution in [0.3, 0.4) is 0 Å². The zero-order valence-electron chi connectivity index (χ0n) is 16.5. The summed E-state index contributed by atoms with van der Waals surface area (Å²) in [6.45, 7) is 9.69. The maximum absolute atomic E-state index is 4.94. The maximum Gasteiger partial charge on any atom is 0.141 e. The van der Waals surface area contributed by atoms with Gasteiger partial charge in [0.05, 0.1) is 11.0 Å². The molecule has 1 heterocycles. The molecule has 0 atom stereocenters. The normalized spacial score (nSPS) is 11.9. The molecule has 0 unspecified atom stereocenters. The smallest absolute Gasteiger partial charge is 0.141 e. The molecule has 0 aliphatic carbocycles. The van der Waals surface area contributed by atoms with Crippen LogP contribution < -0.4 is 0 Å². The highest BCUT2D eigenvalue weighted by atomic mass is 15.1. The van der Waals surface area contributed by atoms with Gasteiger partial charge in [0, 0.05) is 12.1 Å². The van der Waals surface area contributed by atoms with E-state index in [2.05, 4.69) is 105 Å². The Morgan fingerprint density at radius 2 is 1.59 bits per heavy atom. The minimum Gasteiger partial charge on any atom is -0.319 e. The lowest BCUT2D eigenvalue weighted by Gasteiger charge is -2.19. The lowest BCUT2D eigenvalue weighted by atomic mass is 9.87. The van der Waals surface area contributed by atoms with Crippen LogP contribution in [0.15, 0.2) is 72.8 Å². The van der Waals surface area contributed by atoms with Gasteiger partial charge in [-0.25, -0.2) is 4.98 Å². The molecule has 4 rings (SSSR count). The second kappa shape index (κ2) is 6.70. The zero-order chi connectivity index (χ0) is 19.0. The first kappa shape index (κ1) is 17.5. The Labute approximate surface area is 161 Å². The Hall–Kier alpha value is -2.87. The summed E-state index contributed by atoms with van der Waals surface area (Å²) in [4.78, 5) is 4.94. The van der Waals surface area contributed by atoms with E-state index >= 15 is 0 Å². The number of aryl methyl sites for hydroxylation is 1. The van der Waals surface area contributed by atoms with Gasteiger partial charge in [-0.1, -0.05) is 80.9 Å². The van der Waals surface area contributed by atoms with Gasteiger partial charge >= 0.3 is 0 Å². The van der Waals surface area contributed by atoms with Crippen molar-refractivity contribution in [3.05, 3.63) is 89.5 Å². The zero-order valence-corrected chi connectivity index (χ0v) is 16.5. The van der Waals surface area contributed by atoms with E-state index in [9.17, 15) is 0 Å². The van der Waals surface area contributed by atoms with Crippen LogP contribution in [0.4, 0.5) is 0 Å². The van der Waals surface area contributed by atoms with Gasteiger partial charge in [0.25, 0.3) is 0 Å². The van der Waals surface area contributed by atoms with Crippen molar-refractivity contribution in [2.45, 2.75) is 39.7 Å². The lowest BCUT2D eigenvalue weighted by Crippen LogP contribution is -2.11. The summed E-state index contributed by atoms with van der Waals surface area (Å²) in [5.41, 5.74) is 7.46. The monoisotopic (exact) mass is 354 g/mol. The summed E-state index contributed by atoms with van der Waals surface area (Å²) in [6, 6.07) is 26.0. The van der Waals surface area contributed by atoms with Crippen LogP contribution >= 0.6 is 0 Å². The van der Waals surface area contributed by atoms with Crippen molar-refractivity contribution < 1.29 is 0 Å². The number of hydrogen-bond donors (Lipinski definition) is 0. The molecule has 4 aromatic rings. The largest absolute Gasteiger partial charge is 0.319 e. The number of aromatic nitrogens is 2. The molecule has 0 saturated carbocycles. The first-order chi connectivity index (χ1) is 12.9. The molecule has 0 aliphatic heterocycles. The third-order valence-corrected chi connectivity index (χ3v) is 5.09. The van der Waals surface area contributed by atoms with Gasteiger partial charge in [-0.15, -0.1) is 0 Å². The SMILES string of the molecule is Cc1cccc(-c2nc3ccccc3n2Cc2ccc(C(C)(C)C)cc2)c1. The van der Waals surface area contributed by atoms with Crippen LogP contribution in [0.25, 0.3) is 22.4 Å². The van der Waals surface area contributed by atoms with Crippen LogP contribution in [0.5, 0.6) is 0 Å². The predicted molar refractivity (Wildman–Crippen MR) is 114 cm³/mol. The van der Waals surface area contributed by atoms with Gasteiger partial charge in [0.15, 0.2) is 0 Å². The number of benzene rings is 3. The Balaban J connectivity index is 1.79. The first-order valence-electron chi connectivity index (χ1n) is 9.53. The summed E-state index contributed by atoms with van der Waals surface area (Å²) in [7, 11) is 0. The first-order valence-corrected chi connectivity index (χ1v) is 9.53. The molecule has 0 amide bonds. The molecule has 136 valence electrons. The highest BCUT2D eigenvalue weighted by Gasteiger charge is 2.15. The van der Waals surface area contributed by atoms with Gasteiger partial charge in [0.2, 0.25) is 0 Å². The molecule has 0 fully saturated rings. The number of hydrogen-bond acceptors (Lipinski definition) is 1. The van der Waals surface area contributed by atoms with Gasteiger partial charge in [0.1, 0.15) is 5.82 Å². The maximum atomic E-state index is 4.94. The number of para-hydroxylation sites is 2. The second-order valence-corrected chi connectivity index (χ2v) is 8.33. The molecule has 0 radical (unpaired) electrons. The predicted octanol–water partition coefficient (Wildman–Crippen LogP) is 6.36. The minimum absolute atomic E-state index is 0.174. The van der Waals surface area contributed by atoms with Crippen LogP contribution in [0, 0.1) is 6.92 Å². The fourth-order valence-corrected chi connectivity index (χ4v) is 3.53. The molecule has 0 N–H and O–H groups in total. The third-order valence-electron chi connectivity index (χ3n) is 5.09. The van der Waals surface area contributed by atoms with E-state index in [1.54, 1.807) is 0 Å². The fourth-order valence-electron chi connectivity index (χ4n) is 3.53. The minimum atomic E-state index is 0.174. The molecule has 0 bridgehead atoms. The number of rotatable bonds is 3. The molecule has 1 aromatic heterocycles. The molecule has 0 saturated heterocycles. The molecular formula is C25H26N2. The molecule has 0 spiro atoms. The van der Waals surface area contributed by atoms with E-state index in [4.69, 9.17) is 4.98 Å². The standard InChI is InChI=1S/C25H26N2/c1-18-8-7-9-20(16-18)24-26-22-10-5-6-11-23(22)27(24)17-19-12-14-21(15-13-19)25(2,3)4/h5-16H,17H2,1-4H3. The van der Waals surface area contributed by atoms with E-state index < -0.39 is 0 Å². The van der Waals surface area contributed by atoms with Gasteiger partial charge in [-0.3, -0.25) is 0 Å². The van der Waals surface area contributed by atoms with Crippen molar-refractivity contribution in [1.82, 2.24) is 9.55 Å². The van der Waals surface area contributed by atoms with Crippen LogP contribution in [0.2, 0.25) is 0 Å². The van der Waals surface area contributed by atoms with E-state index in [1.165, 1.54) is 22.2 Å². The third kappa shape index (κ3) is 3.52. The highest BCUT2D eigenvalue weighted by Crippen LogP contribution is 2.27. The van der Waals surface area contributed by atoms with E-state index in [0.717, 1.165) is 23.4 Å². The molecular weight excluding hydrogens is 328 g/mol. The second-order valence-electron chi connectivity index (χ2n) is 8.33. The summed E-state index contributed by atoms with van der Waals surface area (Å²) in [5, 5.41) is 0. The van der Waals surface area contributed by atoms with Gasteiger partial charge < -0.3 is 4.57 Å². The quantitative estimate of drug-likeness (QED) is 0.419. The average molecular weight is 354 g/mol. The van der Waals surface area contributed by atoms with Gasteiger partial charge in [-0.05, 0) is 41.7 Å². The Bertz CT molecular complexity index is 1080. The van der Waals surface area contributed by atoms with Crippen molar-refractivity contribution in [2.24, 2.45) is 0 Å². The summed E-state index contributed by atoms with van der Waals surface area (Å²) >= 11 is 0. The topological polar surface area (TPSA) is 17.8 Å². The van der Waals surface area contributed by atoms with Crippen molar-refractivity contribution in [3.8, 4) is 11.4 Å². The number of nitrogens with zero attached hydrogens (tertiary/aromatic N) is 2. The Morgan fingerprint density at radius 1 is 0.852 bits per heavy atom. The van der Waals surface area contributed by atoms with Gasteiger partial charge in [-0.2, -0.15) is 0 Å². The Morgan fingerprint density at radius 3 is 2.30 bits per heavy atom. The van der Waals surface area contributed by atoms with E-state index in [-0.39, 0.29) is 5.41 Å². The molecule has 27 heavy (non-hydrogen) atoms. The van der Waals surface area contributed by atoms with E-state index in [1.807, 2.05) is 0 Å². The van der Waals surface area contributed by atoms with Crippen molar-refractivity contribution in [2.75, 3.05) is 0 Å². The van der Waals surface area contributed by atoms with Crippen LogP contribution in [0.1, 0.15) is 37.5 Å². The van der Waals surface area contributed by atoms with E-state index in [0.29, 0.717) is 0 Å². The fraction of sp³-hybridized carbons (Fsp3) is 0.240. The molecule has 0 aliphatic rings. The molecule has 3 aromatic carbocycles. The van der Waals surface area contributed by atoms with Crippen molar-refractivity contribution in [1.29, 1.82) is 0 Å². The summed E-state index contributed by atoms with van der Waals surface area (Å²) in [5.74, 6) is 1.03. The van der Waals surface area contributed by atoms with Crippen LogP contribution in [-0.2, 0) is 12.0 Å². The average Bonchev–Trinajstić information content (AvgIpc) is 3.00. The highest BCUT2D eigenvalue weighted by molar-refractivity contribution is 5.80. The summed E-state index contributed by atoms with van der Waals surface area (Å²) in [6.07, 6.45) is 0. The number of imidazole rings is 1. The number of fused-ring (bicyclic) bond motifs is 1. The lowest BCUT2D eigenvalue weighted by molar-refractivity contribution is 0.590. The van der Waals surface area contributed by atoms with Crippen molar-refractivity contribution in [3.63, 3.8) is 0 Å². The summed E-state index contributed by atoms with van der Waals surface area (Å²) < 4.78 is 2.33. The van der Waals surface area contributed by atoms with Crippen LogP contribution in [-0.4, -0.2) is 9.55 Å². The molecule has 2 nitrogen and oxygen atoms in total.